The van der Waals surface area contributed by atoms with Crippen LogP contribution in [0.2, 0.25) is 0 Å². The number of carbonyl (C=O) groups is 3. The van der Waals surface area contributed by atoms with E-state index in [4.69, 9.17) is 5.11 Å². The van der Waals surface area contributed by atoms with E-state index in [1.54, 1.807) is 12.1 Å². The quantitative estimate of drug-likeness (QED) is 0.660. The summed E-state index contributed by atoms with van der Waals surface area (Å²) in [6, 6.07) is 5.14. The molecule has 1 aromatic carbocycles. The second-order valence-corrected chi connectivity index (χ2v) is 4.41. The summed E-state index contributed by atoms with van der Waals surface area (Å²) in [6.07, 6.45) is 1.43. The standard InChI is InChI=1S/C14H13NO4/c1-8-4-3-5-10-11(8)15(13(17)12(10)16)7-6-9(2)14(18)19/h3-6H,7H2,1-2H3,(H,18,19). The van der Waals surface area contributed by atoms with Crippen molar-refractivity contribution in [3.8, 4) is 0 Å². The van der Waals surface area contributed by atoms with E-state index >= 15 is 0 Å². The van der Waals surface area contributed by atoms with E-state index in [2.05, 4.69) is 0 Å². The topological polar surface area (TPSA) is 74.7 Å². The van der Waals surface area contributed by atoms with Gasteiger partial charge in [-0.2, -0.15) is 0 Å². The molecule has 0 radical (unpaired) electrons. The highest BCUT2D eigenvalue weighted by Gasteiger charge is 2.36. The molecule has 5 heteroatoms. The van der Waals surface area contributed by atoms with Gasteiger partial charge in [-0.1, -0.05) is 18.2 Å². The zero-order valence-corrected chi connectivity index (χ0v) is 10.6. The highest BCUT2D eigenvalue weighted by molar-refractivity contribution is 6.52. The van der Waals surface area contributed by atoms with Gasteiger partial charge in [-0.05, 0) is 25.5 Å². The zero-order chi connectivity index (χ0) is 14.2. The fourth-order valence-corrected chi connectivity index (χ4v) is 2.03. The second-order valence-electron chi connectivity index (χ2n) is 4.41. The van der Waals surface area contributed by atoms with Gasteiger partial charge in [-0.15, -0.1) is 0 Å². The van der Waals surface area contributed by atoms with E-state index in [0.717, 1.165) is 5.56 Å². The van der Waals surface area contributed by atoms with Crippen LogP contribution in [0.1, 0.15) is 22.8 Å². The SMILES string of the molecule is CC(=CCN1C(=O)C(=O)c2cccc(C)c21)C(=O)O. The van der Waals surface area contributed by atoms with Gasteiger partial charge < -0.3 is 10.0 Å². The van der Waals surface area contributed by atoms with Crippen LogP contribution in [-0.4, -0.2) is 29.3 Å². The number of amides is 1. The Bertz CT molecular complexity index is 616. The molecule has 0 fully saturated rings. The van der Waals surface area contributed by atoms with Gasteiger partial charge in [0.1, 0.15) is 0 Å². The molecule has 1 N–H and O–H groups in total. The van der Waals surface area contributed by atoms with Crippen LogP contribution in [0.15, 0.2) is 29.8 Å². The Hall–Kier alpha value is -2.43. The van der Waals surface area contributed by atoms with E-state index in [1.165, 1.54) is 17.9 Å². The maximum atomic E-state index is 11.9. The summed E-state index contributed by atoms with van der Waals surface area (Å²) in [5.41, 5.74) is 1.92. The zero-order valence-electron chi connectivity index (χ0n) is 10.6. The number of para-hydroxylation sites is 1. The summed E-state index contributed by atoms with van der Waals surface area (Å²) < 4.78 is 0. The number of hydrogen-bond acceptors (Lipinski definition) is 3. The number of carbonyl (C=O) groups excluding carboxylic acids is 2. The van der Waals surface area contributed by atoms with Gasteiger partial charge >= 0.3 is 5.97 Å². The number of nitrogens with zero attached hydrogens (tertiary/aromatic N) is 1. The van der Waals surface area contributed by atoms with Crippen molar-refractivity contribution in [3.63, 3.8) is 0 Å². The van der Waals surface area contributed by atoms with Crippen molar-refractivity contribution in [3.05, 3.63) is 41.0 Å². The molecule has 0 bridgehead atoms. The first-order valence-corrected chi connectivity index (χ1v) is 5.79. The number of benzene rings is 1. The maximum Gasteiger partial charge on any atom is 0.331 e. The summed E-state index contributed by atoms with van der Waals surface area (Å²) in [5.74, 6) is -2.19. The Balaban J connectivity index is 2.39. The number of aliphatic carboxylic acids is 1. The van der Waals surface area contributed by atoms with Crippen LogP contribution in [-0.2, 0) is 9.59 Å². The third kappa shape index (κ3) is 2.14. The Morgan fingerprint density at radius 1 is 1.37 bits per heavy atom. The molecule has 0 saturated heterocycles. The number of hydrogen-bond donors (Lipinski definition) is 1. The summed E-state index contributed by atoms with van der Waals surface area (Å²) in [5, 5.41) is 8.78. The van der Waals surface area contributed by atoms with Gasteiger partial charge in [0.25, 0.3) is 11.7 Å². The van der Waals surface area contributed by atoms with Crippen LogP contribution in [0.3, 0.4) is 0 Å². The van der Waals surface area contributed by atoms with Crippen molar-refractivity contribution < 1.29 is 19.5 Å². The van der Waals surface area contributed by atoms with Gasteiger partial charge in [0.2, 0.25) is 0 Å². The number of rotatable bonds is 3. The minimum Gasteiger partial charge on any atom is -0.478 e. The van der Waals surface area contributed by atoms with Crippen molar-refractivity contribution in [1.82, 2.24) is 0 Å². The van der Waals surface area contributed by atoms with Gasteiger partial charge in [-0.25, -0.2) is 4.79 Å². The first-order valence-electron chi connectivity index (χ1n) is 5.79. The molecule has 1 amide bonds. The number of ketones is 1. The van der Waals surface area contributed by atoms with Crippen LogP contribution in [0.25, 0.3) is 0 Å². The summed E-state index contributed by atoms with van der Waals surface area (Å²) in [4.78, 5) is 35.7. The number of aryl methyl sites for hydroxylation is 1. The predicted molar refractivity (Wildman–Crippen MR) is 69.3 cm³/mol. The Morgan fingerprint density at radius 2 is 2.05 bits per heavy atom. The summed E-state index contributed by atoms with van der Waals surface area (Å²) >= 11 is 0. The number of fused-ring (bicyclic) bond motifs is 1. The molecule has 0 spiro atoms. The van der Waals surface area contributed by atoms with Crippen molar-refractivity contribution in [2.45, 2.75) is 13.8 Å². The fraction of sp³-hybridized carbons (Fsp3) is 0.214. The Morgan fingerprint density at radius 3 is 2.68 bits per heavy atom. The number of Topliss-reactive ketones (excluding diaryl/α,β-unsaturated/α-hetero) is 1. The molecule has 0 aromatic heterocycles. The van der Waals surface area contributed by atoms with Gasteiger partial charge in [0, 0.05) is 12.1 Å². The van der Waals surface area contributed by atoms with E-state index in [0.29, 0.717) is 11.3 Å². The lowest BCUT2D eigenvalue weighted by atomic mass is 10.1. The lowest BCUT2D eigenvalue weighted by molar-refractivity contribution is -0.132. The monoisotopic (exact) mass is 259 g/mol. The van der Waals surface area contributed by atoms with Gasteiger partial charge in [0.05, 0.1) is 11.3 Å². The number of carboxylic acid groups (broad SMARTS) is 1. The molecular weight excluding hydrogens is 246 g/mol. The third-order valence-corrected chi connectivity index (χ3v) is 3.11. The molecule has 1 heterocycles. The highest BCUT2D eigenvalue weighted by Crippen LogP contribution is 2.31. The molecule has 2 rings (SSSR count). The molecule has 98 valence electrons. The van der Waals surface area contributed by atoms with Crippen molar-refractivity contribution >= 4 is 23.3 Å². The highest BCUT2D eigenvalue weighted by atomic mass is 16.4. The summed E-state index contributed by atoms with van der Waals surface area (Å²) in [7, 11) is 0. The van der Waals surface area contributed by atoms with Crippen molar-refractivity contribution in [2.75, 3.05) is 11.4 Å². The van der Waals surface area contributed by atoms with E-state index in [9.17, 15) is 14.4 Å². The molecule has 1 aromatic rings. The fourth-order valence-electron chi connectivity index (χ4n) is 2.03. The molecule has 0 aliphatic carbocycles. The Labute approximate surface area is 110 Å². The summed E-state index contributed by atoms with van der Waals surface area (Å²) in [6.45, 7) is 3.34. The smallest absolute Gasteiger partial charge is 0.331 e. The molecule has 5 nitrogen and oxygen atoms in total. The molecule has 19 heavy (non-hydrogen) atoms. The lowest BCUT2D eigenvalue weighted by Gasteiger charge is -2.16. The molecule has 0 saturated carbocycles. The van der Waals surface area contributed by atoms with Crippen LogP contribution in [0.4, 0.5) is 5.69 Å². The van der Waals surface area contributed by atoms with Gasteiger partial charge in [-0.3, -0.25) is 9.59 Å². The number of anilines is 1. The van der Waals surface area contributed by atoms with Crippen LogP contribution >= 0.6 is 0 Å². The molecule has 1 aliphatic rings. The van der Waals surface area contributed by atoms with E-state index in [-0.39, 0.29) is 12.1 Å². The van der Waals surface area contributed by atoms with Crippen LogP contribution in [0.5, 0.6) is 0 Å². The first-order chi connectivity index (χ1) is 8.93. The largest absolute Gasteiger partial charge is 0.478 e. The van der Waals surface area contributed by atoms with Crippen molar-refractivity contribution in [1.29, 1.82) is 0 Å². The predicted octanol–water partition coefficient (Wildman–Crippen LogP) is 1.56. The first kappa shape index (κ1) is 13.0. The minimum absolute atomic E-state index is 0.0839. The van der Waals surface area contributed by atoms with Crippen LogP contribution in [0, 0.1) is 6.92 Å². The van der Waals surface area contributed by atoms with Gasteiger partial charge in [0.15, 0.2) is 0 Å². The molecular formula is C14H13NO4. The number of carboxylic acids is 1. The molecule has 1 aliphatic heterocycles. The minimum atomic E-state index is -1.04. The second kappa shape index (κ2) is 4.68. The average molecular weight is 259 g/mol. The lowest BCUT2D eigenvalue weighted by Crippen LogP contribution is -2.30. The van der Waals surface area contributed by atoms with Crippen molar-refractivity contribution in [2.24, 2.45) is 0 Å². The molecule has 0 atom stereocenters. The van der Waals surface area contributed by atoms with E-state index < -0.39 is 17.7 Å². The molecule has 0 unspecified atom stereocenters. The third-order valence-electron chi connectivity index (χ3n) is 3.11. The Kier molecular flexibility index (Phi) is 3.21. The van der Waals surface area contributed by atoms with Crippen LogP contribution < -0.4 is 4.90 Å². The normalized spacial score (nSPS) is 14.8. The van der Waals surface area contributed by atoms with E-state index in [1.807, 2.05) is 13.0 Å². The average Bonchev–Trinajstić information content (AvgIpc) is 2.61. The maximum absolute atomic E-state index is 11.9.